The van der Waals surface area contributed by atoms with Crippen LogP contribution in [0.3, 0.4) is 0 Å². The van der Waals surface area contributed by atoms with Gasteiger partial charge >= 0.3 is 23.9 Å². The molecular formula is C42H51NO14. The zero-order valence-electron chi connectivity index (χ0n) is 33.0. The minimum atomic E-state index is -2.33. The monoisotopic (exact) mass is 793 g/mol. The summed E-state index contributed by atoms with van der Waals surface area (Å²) in [5.74, 6) is -5.64. The van der Waals surface area contributed by atoms with Crippen molar-refractivity contribution in [1.29, 1.82) is 0 Å². The third-order valence-corrected chi connectivity index (χ3v) is 12.8. The number of hydrogen-bond acceptors (Lipinski definition) is 14. The molecule has 3 fully saturated rings. The Morgan fingerprint density at radius 3 is 2.04 bits per heavy atom. The largest absolute Gasteiger partial charge is 0.456 e. The van der Waals surface area contributed by atoms with Crippen LogP contribution in [-0.2, 0) is 42.9 Å². The van der Waals surface area contributed by atoms with E-state index in [0.29, 0.717) is 5.56 Å². The number of ether oxygens (including phenoxy) is 5. The Labute approximate surface area is 330 Å². The SMILES string of the molecule is CC(=O)N[C@@H](c1ccccc1)[C@@H](O)C(=O)O[C@H]1C[C@@]2(O)[C@@H](OC(=O)c3ccccc3)[C@@H]3[C@]4(OC(C)=O)CO[C@@H]4C[C@H](O)[C@@]3(C)[C@@H](O)[C@H](OC(C)=O)C(=C1C)C2(C)C. The fourth-order valence-corrected chi connectivity index (χ4v) is 9.83. The summed E-state index contributed by atoms with van der Waals surface area (Å²) in [4.78, 5) is 66.3. The Kier molecular flexibility index (Phi) is 11.2. The number of aliphatic hydroxyl groups is 4. The number of carbonyl (C=O) groups excluding carboxylic acids is 5. The highest BCUT2D eigenvalue weighted by molar-refractivity contribution is 5.89. The van der Waals surface area contributed by atoms with Crippen molar-refractivity contribution in [3.8, 4) is 0 Å². The van der Waals surface area contributed by atoms with Gasteiger partial charge in [0.1, 0.15) is 30.0 Å². The van der Waals surface area contributed by atoms with Crippen molar-refractivity contribution in [2.75, 3.05) is 6.61 Å². The third kappa shape index (κ3) is 6.92. The van der Waals surface area contributed by atoms with Gasteiger partial charge < -0.3 is 49.4 Å². The van der Waals surface area contributed by atoms with E-state index in [9.17, 15) is 44.4 Å². The first-order chi connectivity index (χ1) is 26.7. The molecule has 12 atom stereocenters. The molecule has 3 aliphatic carbocycles. The van der Waals surface area contributed by atoms with Crippen LogP contribution >= 0.6 is 0 Å². The molecule has 0 radical (unpaired) electrons. The van der Waals surface area contributed by atoms with Gasteiger partial charge in [-0.1, -0.05) is 69.3 Å². The average molecular weight is 794 g/mol. The number of esters is 4. The Morgan fingerprint density at radius 1 is 0.877 bits per heavy atom. The molecule has 1 saturated heterocycles. The van der Waals surface area contributed by atoms with Gasteiger partial charge in [0.25, 0.3) is 0 Å². The molecule has 1 heterocycles. The number of fused-ring (bicyclic) bond motifs is 5. The lowest BCUT2D eigenvalue weighted by Gasteiger charge is -2.69. The van der Waals surface area contributed by atoms with Gasteiger partial charge in [-0.2, -0.15) is 0 Å². The van der Waals surface area contributed by atoms with Gasteiger partial charge in [0.15, 0.2) is 17.8 Å². The van der Waals surface area contributed by atoms with Crippen molar-refractivity contribution >= 4 is 29.8 Å². The Morgan fingerprint density at radius 2 is 1.49 bits per heavy atom. The molecule has 1 aliphatic heterocycles. The molecule has 2 aromatic rings. The van der Waals surface area contributed by atoms with Crippen LogP contribution in [0.25, 0.3) is 0 Å². The second-order valence-electron chi connectivity index (χ2n) is 16.4. The standard InChI is InChI=1S/C42H51NO14/c1-21-27(55-38(51)32(48)31(43-22(2)44)25-14-10-8-11-15-25)19-42(52)36(56-37(50)26-16-12-9-13-17-26)34-40(7,28(47)18-29-41(34,20-53-29)57-24(4)46)35(49)33(54-23(3)45)30(21)39(42,5)6/h8-17,27-29,31-36,47-49,52H,18-20H2,1-7H3,(H,43,44)/t27-,28-,29+,31-,32+,33+,34-,35-,36-,40+,41-,42+/m0/s1. The summed E-state index contributed by atoms with van der Waals surface area (Å²) < 4.78 is 30.3. The van der Waals surface area contributed by atoms with Crippen LogP contribution in [0.4, 0.5) is 0 Å². The van der Waals surface area contributed by atoms with Gasteiger partial charge in [0.2, 0.25) is 5.91 Å². The number of amides is 1. The summed E-state index contributed by atoms with van der Waals surface area (Å²) >= 11 is 0. The molecule has 0 unspecified atom stereocenters. The molecule has 5 N–H and O–H groups in total. The van der Waals surface area contributed by atoms with Gasteiger partial charge in [-0.15, -0.1) is 0 Å². The minimum Gasteiger partial charge on any atom is -0.456 e. The molecular weight excluding hydrogens is 742 g/mol. The van der Waals surface area contributed by atoms with E-state index >= 15 is 0 Å². The molecule has 6 rings (SSSR count). The van der Waals surface area contributed by atoms with Crippen molar-refractivity contribution in [3.63, 3.8) is 0 Å². The van der Waals surface area contributed by atoms with E-state index in [4.69, 9.17) is 23.7 Å². The number of hydrogen-bond donors (Lipinski definition) is 5. The molecule has 308 valence electrons. The number of benzene rings is 2. The van der Waals surface area contributed by atoms with Crippen molar-refractivity contribution < 1.29 is 68.1 Å². The van der Waals surface area contributed by atoms with E-state index in [0.717, 1.165) is 6.92 Å². The first-order valence-corrected chi connectivity index (χ1v) is 18.9. The van der Waals surface area contributed by atoms with E-state index in [1.165, 1.54) is 32.9 Å². The Bertz CT molecular complexity index is 1930. The maximum Gasteiger partial charge on any atom is 0.338 e. The second-order valence-corrected chi connectivity index (χ2v) is 16.4. The topological polar surface area (TPSA) is 224 Å². The maximum absolute atomic E-state index is 14.2. The van der Waals surface area contributed by atoms with Crippen LogP contribution in [0.5, 0.6) is 0 Å². The molecule has 1 amide bonds. The van der Waals surface area contributed by atoms with Crippen molar-refractivity contribution in [3.05, 3.63) is 82.9 Å². The van der Waals surface area contributed by atoms with Gasteiger partial charge in [0.05, 0.1) is 30.2 Å². The predicted molar refractivity (Wildman–Crippen MR) is 199 cm³/mol. The molecule has 0 aromatic heterocycles. The second kappa shape index (κ2) is 15.3. The minimum absolute atomic E-state index is 0.0964. The van der Waals surface area contributed by atoms with Crippen LogP contribution in [0, 0.1) is 16.7 Å². The van der Waals surface area contributed by atoms with E-state index in [-0.39, 0.29) is 29.7 Å². The highest BCUT2D eigenvalue weighted by Gasteiger charge is 2.78. The van der Waals surface area contributed by atoms with Gasteiger partial charge in [-0.25, -0.2) is 9.59 Å². The van der Waals surface area contributed by atoms with Crippen LogP contribution in [0.2, 0.25) is 0 Å². The lowest BCUT2D eigenvalue weighted by molar-refractivity contribution is -0.365. The molecule has 2 saturated carbocycles. The fraction of sp³-hybridized carbons (Fsp3) is 0.548. The molecule has 15 heteroatoms. The molecule has 2 aromatic carbocycles. The lowest BCUT2D eigenvalue weighted by atomic mass is 9.44. The van der Waals surface area contributed by atoms with Crippen molar-refractivity contribution in [2.24, 2.45) is 16.7 Å². The smallest absolute Gasteiger partial charge is 0.338 e. The highest BCUT2D eigenvalue weighted by Crippen LogP contribution is 2.65. The molecule has 57 heavy (non-hydrogen) atoms. The van der Waals surface area contributed by atoms with Crippen molar-refractivity contribution in [1.82, 2.24) is 5.32 Å². The number of rotatable bonds is 9. The summed E-state index contributed by atoms with van der Waals surface area (Å²) in [6, 6.07) is 14.9. The molecule has 4 aliphatic rings. The first kappa shape index (κ1) is 41.9. The van der Waals surface area contributed by atoms with Crippen LogP contribution in [-0.4, -0.2) is 111 Å². The van der Waals surface area contributed by atoms with Gasteiger partial charge in [0, 0.05) is 44.4 Å². The number of nitrogens with one attached hydrogen (secondary N) is 1. The quantitative estimate of drug-likeness (QED) is 0.140. The van der Waals surface area contributed by atoms with Crippen LogP contribution in [0.1, 0.15) is 83.3 Å². The van der Waals surface area contributed by atoms with Crippen LogP contribution < -0.4 is 5.32 Å². The van der Waals surface area contributed by atoms with Gasteiger partial charge in [-0.05, 0) is 35.8 Å². The normalized spacial score (nSPS) is 35.0. The summed E-state index contributed by atoms with van der Waals surface area (Å²) in [6.07, 6.45) is -11.6. The third-order valence-electron chi connectivity index (χ3n) is 12.8. The van der Waals surface area contributed by atoms with Crippen molar-refractivity contribution in [2.45, 2.75) is 121 Å². The fourth-order valence-electron chi connectivity index (χ4n) is 9.83. The van der Waals surface area contributed by atoms with Crippen LogP contribution in [0.15, 0.2) is 71.8 Å². The van der Waals surface area contributed by atoms with Gasteiger partial charge in [-0.3, -0.25) is 14.4 Å². The van der Waals surface area contributed by atoms with E-state index in [1.807, 2.05) is 0 Å². The van der Waals surface area contributed by atoms with E-state index in [1.54, 1.807) is 69.3 Å². The summed E-state index contributed by atoms with van der Waals surface area (Å²) in [5, 5.41) is 52.4. The first-order valence-electron chi connectivity index (χ1n) is 18.9. The average Bonchev–Trinajstić information content (AvgIpc) is 3.15. The summed E-state index contributed by atoms with van der Waals surface area (Å²) in [7, 11) is 0. The van der Waals surface area contributed by atoms with E-state index in [2.05, 4.69) is 5.32 Å². The summed E-state index contributed by atoms with van der Waals surface area (Å²) in [5.41, 5.74) is -6.60. The number of carbonyl (C=O) groups is 5. The predicted octanol–water partition coefficient (Wildman–Crippen LogP) is 2.23. The molecule has 0 spiro atoms. The van der Waals surface area contributed by atoms with E-state index < -0.39 is 113 Å². The summed E-state index contributed by atoms with van der Waals surface area (Å²) in [6.45, 7) is 9.52. The lowest BCUT2D eigenvalue weighted by Crippen LogP contribution is -2.82. The maximum atomic E-state index is 14.2. The molecule has 2 bridgehead atoms. The zero-order chi connectivity index (χ0) is 41.8. The zero-order valence-corrected chi connectivity index (χ0v) is 33.0. The Hall–Kier alpha value is -4.67. The number of aliphatic hydroxyl groups excluding tert-OH is 3. The molecule has 15 nitrogen and oxygen atoms in total. The highest BCUT2D eigenvalue weighted by atomic mass is 16.6. The Balaban J connectivity index is 1.57.